The molecule has 7 nitrogen and oxygen atoms in total. The molecule has 0 fully saturated rings. The topological polar surface area (TPSA) is 104 Å². The van der Waals surface area contributed by atoms with Crippen LogP contribution in [0.5, 0.6) is 0 Å². The van der Waals surface area contributed by atoms with Crippen molar-refractivity contribution < 1.29 is 14.4 Å². The number of aromatic nitrogens is 2. The lowest BCUT2D eigenvalue weighted by Gasteiger charge is -2.08. The van der Waals surface area contributed by atoms with Crippen molar-refractivity contribution in [1.29, 1.82) is 0 Å². The van der Waals surface area contributed by atoms with Gasteiger partial charge in [0, 0.05) is 17.7 Å². The average molecular weight is 406 g/mol. The van der Waals surface area contributed by atoms with Gasteiger partial charge in [0.1, 0.15) is 11.1 Å². The minimum absolute atomic E-state index is 0.0328. The van der Waals surface area contributed by atoms with Crippen LogP contribution in [-0.4, -0.2) is 37.9 Å². The van der Waals surface area contributed by atoms with Gasteiger partial charge in [0.05, 0.1) is 22.5 Å². The number of hydrogen-bond donors (Lipinski definition) is 2. The number of aliphatic imine (C=N–C) groups is 1. The van der Waals surface area contributed by atoms with E-state index < -0.39 is 5.25 Å². The van der Waals surface area contributed by atoms with Crippen molar-refractivity contribution in [1.82, 2.24) is 9.97 Å². The molecular formula is C21H18N4O3S. The van der Waals surface area contributed by atoms with Crippen molar-refractivity contribution >= 4 is 51.1 Å². The molecule has 2 amide bonds. The normalized spacial score (nSPS) is 16.1. The number of H-pyrrole nitrogens is 1. The first-order valence-electron chi connectivity index (χ1n) is 9.10. The molecule has 1 atom stereocenters. The zero-order chi connectivity index (χ0) is 20.4. The fourth-order valence-corrected chi connectivity index (χ4v) is 4.13. The lowest BCUT2D eigenvalue weighted by Crippen LogP contribution is -2.21. The molecule has 0 saturated carbocycles. The van der Waals surface area contributed by atoms with E-state index in [2.05, 4.69) is 20.3 Å². The van der Waals surface area contributed by atoms with E-state index in [1.807, 2.05) is 24.3 Å². The van der Waals surface area contributed by atoms with Gasteiger partial charge < -0.3 is 10.3 Å². The highest BCUT2D eigenvalue weighted by Crippen LogP contribution is 2.27. The number of benzene rings is 2. The molecule has 1 aliphatic rings. The Bertz CT molecular complexity index is 1100. The Morgan fingerprint density at radius 3 is 2.62 bits per heavy atom. The fraction of sp³-hybridized carbons (Fsp3) is 0.190. The second-order valence-corrected chi connectivity index (χ2v) is 7.99. The van der Waals surface area contributed by atoms with E-state index in [1.165, 1.54) is 18.7 Å². The second kappa shape index (κ2) is 8.00. The van der Waals surface area contributed by atoms with Crippen LogP contribution in [-0.2, 0) is 16.0 Å². The van der Waals surface area contributed by atoms with Crippen LogP contribution in [0, 0.1) is 0 Å². The molecule has 8 heteroatoms. The minimum atomic E-state index is -0.536. The van der Waals surface area contributed by atoms with Crippen LogP contribution in [0.3, 0.4) is 0 Å². The quantitative estimate of drug-likeness (QED) is 0.611. The van der Waals surface area contributed by atoms with E-state index in [0.717, 1.165) is 16.9 Å². The van der Waals surface area contributed by atoms with Gasteiger partial charge in [0.25, 0.3) is 5.91 Å². The highest BCUT2D eigenvalue weighted by molar-refractivity contribution is 8.15. The third-order valence-electron chi connectivity index (χ3n) is 4.49. The summed E-state index contributed by atoms with van der Waals surface area (Å²) in [6.07, 6.45) is 0.459. The van der Waals surface area contributed by atoms with E-state index in [1.54, 1.807) is 24.3 Å². The highest BCUT2D eigenvalue weighted by atomic mass is 32.2. The van der Waals surface area contributed by atoms with Crippen LogP contribution in [0.25, 0.3) is 11.0 Å². The molecule has 0 aliphatic carbocycles. The Hall–Kier alpha value is -3.26. The molecule has 0 saturated heterocycles. The van der Waals surface area contributed by atoms with Gasteiger partial charge in [-0.15, -0.1) is 0 Å². The lowest BCUT2D eigenvalue weighted by atomic mass is 10.1. The summed E-state index contributed by atoms with van der Waals surface area (Å²) in [4.78, 5) is 47.6. The van der Waals surface area contributed by atoms with Crippen LogP contribution >= 0.6 is 11.8 Å². The minimum Gasteiger partial charge on any atom is -0.342 e. The van der Waals surface area contributed by atoms with E-state index in [4.69, 9.17) is 0 Å². The summed E-state index contributed by atoms with van der Waals surface area (Å²) in [5.41, 5.74) is 2.96. The SMILES string of the molecule is CC(=O)c1ccc(NC(=O)C[C@H]2SC(Cc3nc4ccccc4[nH]3)=NC2=O)cc1. The first kappa shape index (κ1) is 19.1. The number of Topliss-reactive ketones (excluding diaryl/α,β-unsaturated/α-hetero) is 1. The van der Waals surface area contributed by atoms with Crippen molar-refractivity contribution in [3.63, 3.8) is 0 Å². The van der Waals surface area contributed by atoms with E-state index in [0.29, 0.717) is 22.7 Å². The van der Waals surface area contributed by atoms with Gasteiger partial charge in [-0.2, -0.15) is 0 Å². The number of ketones is 1. The molecule has 1 aromatic heterocycles. The molecule has 0 radical (unpaired) electrons. The predicted molar refractivity (Wildman–Crippen MR) is 113 cm³/mol. The first-order chi connectivity index (χ1) is 14.0. The van der Waals surface area contributed by atoms with Crippen LogP contribution in [0.4, 0.5) is 5.69 Å². The van der Waals surface area contributed by atoms with Gasteiger partial charge in [0.15, 0.2) is 5.78 Å². The molecule has 2 heterocycles. The molecule has 2 N–H and O–H groups in total. The number of thioether (sulfide) groups is 1. The van der Waals surface area contributed by atoms with Gasteiger partial charge in [0.2, 0.25) is 5.91 Å². The molecule has 1 aliphatic heterocycles. The largest absolute Gasteiger partial charge is 0.342 e. The summed E-state index contributed by atoms with van der Waals surface area (Å²) in [5.74, 6) is 0.126. The predicted octanol–water partition coefficient (Wildman–Crippen LogP) is 3.38. The Morgan fingerprint density at radius 1 is 1.14 bits per heavy atom. The van der Waals surface area contributed by atoms with Crippen molar-refractivity contribution in [2.24, 2.45) is 4.99 Å². The van der Waals surface area contributed by atoms with E-state index in [-0.39, 0.29) is 24.0 Å². The zero-order valence-corrected chi connectivity index (χ0v) is 16.5. The molecule has 0 spiro atoms. The number of amides is 2. The van der Waals surface area contributed by atoms with Crippen LogP contribution in [0.2, 0.25) is 0 Å². The highest BCUT2D eigenvalue weighted by Gasteiger charge is 2.30. The van der Waals surface area contributed by atoms with E-state index in [9.17, 15) is 14.4 Å². The van der Waals surface area contributed by atoms with Crippen LogP contribution in [0.15, 0.2) is 53.5 Å². The summed E-state index contributed by atoms with van der Waals surface area (Å²) in [6, 6.07) is 14.4. The number of aromatic amines is 1. The molecule has 0 unspecified atom stereocenters. The van der Waals surface area contributed by atoms with Gasteiger partial charge in [-0.25, -0.2) is 9.98 Å². The number of imidazole rings is 1. The number of rotatable bonds is 6. The van der Waals surface area contributed by atoms with Crippen LogP contribution < -0.4 is 5.32 Å². The van der Waals surface area contributed by atoms with E-state index >= 15 is 0 Å². The molecule has 0 bridgehead atoms. The third-order valence-corrected chi connectivity index (χ3v) is 5.65. The van der Waals surface area contributed by atoms with Gasteiger partial charge in [-0.05, 0) is 43.3 Å². The summed E-state index contributed by atoms with van der Waals surface area (Å²) < 4.78 is 0. The Morgan fingerprint density at radius 2 is 1.90 bits per heavy atom. The van der Waals surface area contributed by atoms with Crippen LogP contribution in [0.1, 0.15) is 29.5 Å². The zero-order valence-electron chi connectivity index (χ0n) is 15.6. The summed E-state index contributed by atoms with van der Waals surface area (Å²) in [6.45, 7) is 1.49. The number of nitrogens with zero attached hydrogens (tertiary/aromatic N) is 2. The fourth-order valence-electron chi connectivity index (χ4n) is 3.05. The third kappa shape index (κ3) is 4.43. The maximum Gasteiger partial charge on any atom is 0.260 e. The second-order valence-electron chi connectivity index (χ2n) is 6.71. The number of fused-ring (bicyclic) bond motifs is 1. The molecule has 4 rings (SSSR count). The van der Waals surface area contributed by atoms with Crippen molar-refractivity contribution in [2.45, 2.75) is 25.0 Å². The monoisotopic (exact) mass is 406 g/mol. The van der Waals surface area contributed by atoms with Crippen molar-refractivity contribution in [2.75, 3.05) is 5.32 Å². The average Bonchev–Trinajstić information content (AvgIpc) is 3.24. The van der Waals surface area contributed by atoms with Crippen molar-refractivity contribution in [3.8, 4) is 0 Å². The summed E-state index contributed by atoms with van der Waals surface area (Å²) in [5, 5.41) is 2.87. The number of anilines is 1. The smallest absolute Gasteiger partial charge is 0.260 e. The summed E-state index contributed by atoms with van der Waals surface area (Å²) >= 11 is 1.30. The first-order valence-corrected chi connectivity index (χ1v) is 9.98. The number of nitrogens with one attached hydrogen (secondary N) is 2. The molecule has 3 aromatic rings. The Labute approximate surface area is 171 Å². The number of carbonyl (C=O) groups excluding carboxylic acids is 3. The number of carbonyl (C=O) groups is 3. The molecule has 29 heavy (non-hydrogen) atoms. The summed E-state index contributed by atoms with van der Waals surface area (Å²) in [7, 11) is 0. The number of hydrogen-bond acceptors (Lipinski definition) is 5. The lowest BCUT2D eigenvalue weighted by molar-refractivity contribution is -0.121. The Balaban J connectivity index is 1.34. The molecule has 146 valence electrons. The molecular weight excluding hydrogens is 388 g/mol. The number of para-hydroxylation sites is 2. The van der Waals surface area contributed by atoms with Crippen molar-refractivity contribution in [3.05, 3.63) is 59.9 Å². The van der Waals surface area contributed by atoms with Gasteiger partial charge in [-0.3, -0.25) is 14.4 Å². The molecule has 2 aromatic carbocycles. The standard InChI is InChI=1S/C21H18N4O3S/c1-12(26)13-6-8-14(9-7-13)22-19(27)10-17-21(28)25-20(29-17)11-18-23-15-4-2-3-5-16(15)24-18/h2-9,17H,10-11H2,1H3,(H,22,27)(H,23,24)/t17-/m1/s1. The maximum absolute atomic E-state index is 12.3. The maximum atomic E-state index is 12.3. The van der Waals surface area contributed by atoms with Gasteiger partial charge >= 0.3 is 0 Å². The van der Waals surface area contributed by atoms with Gasteiger partial charge in [-0.1, -0.05) is 23.9 Å². The Kier molecular flexibility index (Phi) is 5.26.